The fraction of sp³-hybridized carbons (Fsp3) is 0.308. The van der Waals surface area contributed by atoms with Crippen LogP contribution in [-0.2, 0) is 6.54 Å². The molecule has 2 rings (SSSR count). The van der Waals surface area contributed by atoms with Gasteiger partial charge in [0.2, 0.25) is 0 Å². The minimum absolute atomic E-state index is 0.295. The Morgan fingerprint density at radius 1 is 1.47 bits per heavy atom. The van der Waals surface area contributed by atoms with Gasteiger partial charge in [-0.15, -0.1) is 0 Å². The number of nitrogens with two attached hydrogens (primary N) is 2. The molecule has 6 heteroatoms. The molecule has 5 nitrogen and oxygen atoms in total. The van der Waals surface area contributed by atoms with Crippen LogP contribution < -0.4 is 16.9 Å². The van der Waals surface area contributed by atoms with Crippen molar-refractivity contribution < 1.29 is 4.39 Å². The number of hydrogen-bond acceptors (Lipinski definition) is 5. The van der Waals surface area contributed by atoms with E-state index in [-0.39, 0.29) is 0 Å². The van der Waals surface area contributed by atoms with Crippen LogP contribution in [0.1, 0.15) is 17.5 Å². The SMILES string of the molecule is N#Cc1cc(F)ccc1CN(N)C1=C(N)CNCC1. The predicted molar refractivity (Wildman–Crippen MR) is 69.5 cm³/mol. The molecule has 1 aliphatic heterocycles. The first kappa shape index (κ1) is 13.3. The van der Waals surface area contributed by atoms with E-state index in [4.69, 9.17) is 16.8 Å². The molecule has 5 N–H and O–H groups in total. The molecule has 1 aromatic rings. The lowest BCUT2D eigenvalue weighted by Gasteiger charge is -2.27. The number of nitriles is 1. The Balaban J connectivity index is 2.20. The van der Waals surface area contributed by atoms with Crippen LogP contribution >= 0.6 is 0 Å². The molecule has 0 fully saturated rings. The number of halogens is 1. The molecule has 0 spiro atoms. The highest BCUT2D eigenvalue weighted by Gasteiger charge is 2.15. The molecule has 19 heavy (non-hydrogen) atoms. The maximum Gasteiger partial charge on any atom is 0.124 e. The van der Waals surface area contributed by atoms with E-state index in [1.54, 1.807) is 6.07 Å². The van der Waals surface area contributed by atoms with Crippen LogP contribution in [0, 0.1) is 17.1 Å². The van der Waals surface area contributed by atoms with Gasteiger partial charge in [-0.05, 0) is 17.7 Å². The van der Waals surface area contributed by atoms with Crippen LogP contribution in [0.15, 0.2) is 29.6 Å². The summed E-state index contributed by atoms with van der Waals surface area (Å²) < 4.78 is 13.1. The molecule has 0 amide bonds. The lowest BCUT2D eigenvalue weighted by atomic mass is 10.1. The van der Waals surface area contributed by atoms with Gasteiger partial charge < -0.3 is 16.1 Å². The van der Waals surface area contributed by atoms with Crippen molar-refractivity contribution in [3.63, 3.8) is 0 Å². The second-order valence-electron chi connectivity index (χ2n) is 4.44. The Kier molecular flexibility index (Phi) is 4.00. The Bertz CT molecular complexity index is 546. The number of benzene rings is 1. The van der Waals surface area contributed by atoms with E-state index >= 15 is 0 Å². The third kappa shape index (κ3) is 3.02. The van der Waals surface area contributed by atoms with Gasteiger partial charge in [-0.2, -0.15) is 5.26 Å². The van der Waals surface area contributed by atoms with Gasteiger partial charge in [0.1, 0.15) is 5.82 Å². The smallest absolute Gasteiger partial charge is 0.124 e. The summed E-state index contributed by atoms with van der Waals surface area (Å²) in [5, 5.41) is 13.7. The molecule has 0 radical (unpaired) electrons. The number of rotatable bonds is 3. The number of hydrogen-bond donors (Lipinski definition) is 3. The molecule has 0 aliphatic carbocycles. The summed E-state index contributed by atoms with van der Waals surface area (Å²) in [6.07, 6.45) is 0.741. The second-order valence-corrected chi connectivity index (χ2v) is 4.44. The predicted octanol–water partition coefficient (Wildman–Crippen LogP) is 0.537. The van der Waals surface area contributed by atoms with Gasteiger partial charge in [-0.25, -0.2) is 10.2 Å². The zero-order valence-electron chi connectivity index (χ0n) is 10.5. The molecule has 0 saturated carbocycles. The summed E-state index contributed by atoms with van der Waals surface area (Å²) in [5.41, 5.74) is 8.45. The molecule has 0 aromatic heterocycles. The van der Waals surface area contributed by atoms with E-state index in [9.17, 15) is 4.39 Å². The summed E-state index contributed by atoms with van der Waals surface area (Å²) in [4.78, 5) is 0. The number of nitrogens with one attached hydrogen (secondary N) is 1. The molecule has 0 atom stereocenters. The lowest BCUT2D eigenvalue weighted by molar-refractivity contribution is 0.323. The largest absolute Gasteiger partial charge is 0.400 e. The van der Waals surface area contributed by atoms with Crippen molar-refractivity contribution >= 4 is 0 Å². The summed E-state index contributed by atoms with van der Waals surface area (Å²) in [6, 6.07) is 6.08. The van der Waals surface area contributed by atoms with E-state index < -0.39 is 5.82 Å². The van der Waals surface area contributed by atoms with Crippen LogP contribution in [0.2, 0.25) is 0 Å². The summed E-state index contributed by atoms with van der Waals surface area (Å²) >= 11 is 0. The monoisotopic (exact) mass is 261 g/mol. The van der Waals surface area contributed by atoms with Crippen molar-refractivity contribution in [3.05, 3.63) is 46.5 Å². The van der Waals surface area contributed by atoms with Gasteiger partial charge in [0.05, 0.1) is 23.9 Å². The van der Waals surface area contributed by atoms with Gasteiger partial charge in [-0.3, -0.25) is 0 Å². The molecule has 1 aromatic carbocycles. The molecule has 0 bridgehead atoms. The van der Waals surface area contributed by atoms with Gasteiger partial charge in [-0.1, -0.05) is 6.07 Å². The van der Waals surface area contributed by atoms with E-state index in [0.717, 1.165) is 18.7 Å². The van der Waals surface area contributed by atoms with Gasteiger partial charge in [0, 0.05) is 25.2 Å². The van der Waals surface area contributed by atoms with E-state index in [1.807, 2.05) is 6.07 Å². The van der Waals surface area contributed by atoms with Crippen molar-refractivity contribution in [1.82, 2.24) is 10.3 Å². The van der Waals surface area contributed by atoms with Crippen molar-refractivity contribution in [2.45, 2.75) is 13.0 Å². The van der Waals surface area contributed by atoms with E-state index in [0.29, 0.717) is 29.9 Å². The van der Waals surface area contributed by atoms with E-state index in [1.165, 1.54) is 17.1 Å². The topological polar surface area (TPSA) is 91.1 Å². The van der Waals surface area contributed by atoms with Crippen LogP contribution in [0.3, 0.4) is 0 Å². The number of nitrogens with zero attached hydrogens (tertiary/aromatic N) is 2. The van der Waals surface area contributed by atoms with Gasteiger partial charge >= 0.3 is 0 Å². The van der Waals surface area contributed by atoms with Crippen LogP contribution in [0.5, 0.6) is 0 Å². The second kappa shape index (κ2) is 5.69. The minimum Gasteiger partial charge on any atom is -0.400 e. The molecule has 1 aliphatic rings. The Morgan fingerprint density at radius 2 is 2.26 bits per heavy atom. The highest BCUT2D eigenvalue weighted by Crippen LogP contribution is 2.17. The molecular weight excluding hydrogens is 245 g/mol. The number of hydrazine groups is 1. The fourth-order valence-corrected chi connectivity index (χ4v) is 2.09. The van der Waals surface area contributed by atoms with Crippen molar-refractivity contribution in [2.24, 2.45) is 11.6 Å². The summed E-state index contributed by atoms with van der Waals surface area (Å²) in [7, 11) is 0. The third-order valence-corrected chi connectivity index (χ3v) is 3.10. The first-order valence-corrected chi connectivity index (χ1v) is 6.01. The Morgan fingerprint density at radius 3 is 2.95 bits per heavy atom. The zero-order chi connectivity index (χ0) is 13.8. The summed E-state index contributed by atoms with van der Waals surface area (Å²) in [6.45, 7) is 1.76. The average molecular weight is 261 g/mol. The normalized spacial score (nSPS) is 15.2. The third-order valence-electron chi connectivity index (χ3n) is 3.10. The highest BCUT2D eigenvalue weighted by molar-refractivity contribution is 5.38. The minimum atomic E-state index is -0.426. The molecule has 0 saturated heterocycles. The first-order valence-electron chi connectivity index (χ1n) is 6.01. The molecule has 1 heterocycles. The van der Waals surface area contributed by atoms with Crippen molar-refractivity contribution in [3.8, 4) is 6.07 Å². The van der Waals surface area contributed by atoms with Crippen LogP contribution in [0.4, 0.5) is 4.39 Å². The fourth-order valence-electron chi connectivity index (χ4n) is 2.09. The van der Waals surface area contributed by atoms with Gasteiger partial charge in [0.25, 0.3) is 0 Å². The van der Waals surface area contributed by atoms with Crippen molar-refractivity contribution in [1.29, 1.82) is 5.26 Å². The van der Waals surface area contributed by atoms with Gasteiger partial charge in [0.15, 0.2) is 0 Å². The quantitative estimate of drug-likeness (QED) is 0.545. The molecular formula is C13H16FN5. The Hall–Kier alpha value is -2.10. The standard InChI is InChI=1S/C13H16FN5/c14-11-2-1-9(10(5-11)6-15)8-19(17)13-3-4-18-7-12(13)16/h1-2,5,18H,3-4,7-8,16-17H2. The highest BCUT2D eigenvalue weighted by atomic mass is 19.1. The maximum atomic E-state index is 13.1. The maximum absolute atomic E-state index is 13.1. The average Bonchev–Trinajstić information content (AvgIpc) is 2.41. The van der Waals surface area contributed by atoms with E-state index in [2.05, 4.69) is 5.32 Å². The summed E-state index contributed by atoms with van der Waals surface area (Å²) in [5.74, 6) is 5.57. The Labute approximate surface area is 111 Å². The lowest BCUT2D eigenvalue weighted by Crippen LogP contribution is -2.39. The first-order chi connectivity index (χ1) is 9.11. The van der Waals surface area contributed by atoms with Crippen molar-refractivity contribution in [2.75, 3.05) is 13.1 Å². The zero-order valence-corrected chi connectivity index (χ0v) is 10.5. The van der Waals surface area contributed by atoms with Crippen LogP contribution in [0.25, 0.3) is 0 Å². The van der Waals surface area contributed by atoms with Crippen LogP contribution in [-0.4, -0.2) is 18.1 Å². The molecule has 100 valence electrons. The molecule has 0 unspecified atom stereocenters.